The van der Waals surface area contributed by atoms with Crippen LogP contribution in [0.2, 0.25) is 0 Å². The number of aliphatic carboxylic acids is 2. The highest BCUT2D eigenvalue weighted by molar-refractivity contribution is 5.72. The summed E-state index contributed by atoms with van der Waals surface area (Å²) in [6.07, 6.45) is -0.512. The molecule has 0 radical (unpaired) electrons. The molecule has 0 aromatic heterocycles. The molecule has 76 valence electrons. The summed E-state index contributed by atoms with van der Waals surface area (Å²) in [6, 6.07) is 0. The molecule has 13 heavy (non-hydrogen) atoms. The van der Waals surface area contributed by atoms with Crippen LogP contribution in [0.3, 0.4) is 0 Å². The van der Waals surface area contributed by atoms with Crippen LogP contribution in [-0.4, -0.2) is 35.4 Å². The third-order valence-corrected chi connectivity index (χ3v) is 1.92. The Balaban J connectivity index is 4.10. The van der Waals surface area contributed by atoms with Crippen molar-refractivity contribution in [1.82, 2.24) is 0 Å². The van der Waals surface area contributed by atoms with Gasteiger partial charge in [0.1, 0.15) is 0 Å². The zero-order chi connectivity index (χ0) is 10.4. The molecule has 5 heteroatoms. The molecular formula is C8H14O5. The zero-order valence-corrected chi connectivity index (χ0v) is 7.69. The van der Waals surface area contributed by atoms with Gasteiger partial charge in [0, 0.05) is 13.5 Å². The predicted octanol–water partition coefficient (Wildman–Crippen LogP) is 0.587. The van der Waals surface area contributed by atoms with Crippen LogP contribution in [0, 0.1) is 5.92 Å². The van der Waals surface area contributed by atoms with Gasteiger partial charge in [0.05, 0.1) is 12.0 Å². The average Bonchev–Trinajstić information content (AvgIpc) is 2.03. The molecule has 0 spiro atoms. The van der Waals surface area contributed by atoms with Gasteiger partial charge < -0.3 is 14.9 Å². The molecule has 0 rings (SSSR count). The lowest BCUT2D eigenvalue weighted by atomic mass is 9.98. The number of ether oxygens (including phenoxy) is 1. The minimum atomic E-state index is -1.02. The van der Waals surface area contributed by atoms with Crippen molar-refractivity contribution in [3.05, 3.63) is 0 Å². The van der Waals surface area contributed by atoms with Crippen molar-refractivity contribution in [3.8, 4) is 0 Å². The Labute approximate surface area is 76.3 Å². The predicted molar refractivity (Wildman–Crippen MR) is 44.5 cm³/mol. The second-order valence-corrected chi connectivity index (χ2v) is 2.82. The van der Waals surface area contributed by atoms with E-state index in [1.807, 2.05) is 0 Å². The molecule has 0 aliphatic rings. The first-order valence-electron chi connectivity index (χ1n) is 3.96. The van der Waals surface area contributed by atoms with Gasteiger partial charge in [-0.15, -0.1) is 0 Å². The fourth-order valence-corrected chi connectivity index (χ4v) is 1.00. The smallest absolute Gasteiger partial charge is 0.309 e. The van der Waals surface area contributed by atoms with E-state index in [1.165, 1.54) is 7.11 Å². The quantitative estimate of drug-likeness (QED) is 0.640. The topological polar surface area (TPSA) is 83.8 Å². The summed E-state index contributed by atoms with van der Waals surface area (Å²) in [5.74, 6) is -2.76. The van der Waals surface area contributed by atoms with Gasteiger partial charge in [0.15, 0.2) is 0 Å². The molecule has 0 aromatic carbocycles. The number of methoxy groups -OCH3 is 1. The molecule has 5 nitrogen and oxygen atoms in total. The van der Waals surface area contributed by atoms with E-state index in [0.29, 0.717) is 0 Å². The molecule has 0 aromatic rings. The van der Waals surface area contributed by atoms with Crippen molar-refractivity contribution < 1.29 is 24.5 Å². The Morgan fingerprint density at radius 3 is 2.23 bits per heavy atom. The molecule has 0 aliphatic carbocycles. The maximum Gasteiger partial charge on any atom is 0.309 e. The van der Waals surface area contributed by atoms with Crippen molar-refractivity contribution in [3.63, 3.8) is 0 Å². The number of carbonyl (C=O) groups is 2. The van der Waals surface area contributed by atoms with Gasteiger partial charge in [-0.05, 0) is 13.3 Å². The van der Waals surface area contributed by atoms with E-state index in [2.05, 4.69) is 0 Å². The molecule has 2 unspecified atom stereocenters. The van der Waals surface area contributed by atoms with Crippen LogP contribution in [-0.2, 0) is 14.3 Å². The molecule has 2 atom stereocenters. The minimum Gasteiger partial charge on any atom is -0.481 e. The van der Waals surface area contributed by atoms with Crippen LogP contribution in [0.15, 0.2) is 0 Å². The van der Waals surface area contributed by atoms with Crippen LogP contribution in [0.4, 0.5) is 0 Å². The lowest BCUT2D eigenvalue weighted by Gasteiger charge is -2.17. The van der Waals surface area contributed by atoms with Crippen LogP contribution in [0.1, 0.15) is 19.8 Å². The summed E-state index contributed by atoms with van der Waals surface area (Å²) in [5, 5.41) is 17.1. The first-order valence-corrected chi connectivity index (χ1v) is 3.96. The largest absolute Gasteiger partial charge is 0.481 e. The highest BCUT2D eigenvalue weighted by Gasteiger charge is 2.24. The second kappa shape index (κ2) is 5.53. The van der Waals surface area contributed by atoms with Crippen LogP contribution in [0.5, 0.6) is 0 Å². The molecular weight excluding hydrogens is 176 g/mol. The van der Waals surface area contributed by atoms with Gasteiger partial charge in [-0.25, -0.2) is 0 Å². The van der Waals surface area contributed by atoms with Gasteiger partial charge in [-0.1, -0.05) is 0 Å². The summed E-state index contributed by atoms with van der Waals surface area (Å²) in [5.41, 5.74) is 0. The van der Waals surface area contributed by atoms with Crippen molar-refractivity contribution in [2.75, 3.05) is 7.11 Å². The number of rotatable bonds is 6. The lowest BCUT2D eigenvalue weighted by Crippen LogP contribution is -2.27. The van der Waals surface area contributed by atoms with Crippen LogP contribution in [0.25, 0.3) is 0 Å². The van der Waals surface area contributed by atoms with E-state index in [4.69, 9.17) is 14.9 Å². The number of carboxylic acid groups (broad SMARTS) is 2. The van der Waals surface area contributed by atoms with E-state index >= 15 is 0 Å². The molecule has 0 heterocycles. The molecule has 0 amide bonds. The summed E-state index contributed by atoms with van der Waals surface area (Å²) < 4.78 is 4.83. The fourth-order valence-electron chi connectivity index (χ4n) is 1.00. The lowest BCUT2D eigenvalue weighted by molar-refractivity contribution is -0.147. The first kappa shape index (κ1) is 11.9. The number of hydrogen-bond acceptors (Lipinski definition) is 3. The Bertz CT molecular complexity index is 189. The van der Waals surface area contributed by atoms with E-state index in [9.17, 15) is 9.59 Å². The Hall–Kier alpha value is -1.10. The fraction of sp³-hybridized carbons (Fsp3) is 0.750. The van der Waals surface area contributed by atoms with Gasteiger partial charge in [-0.3, -0.25) is 9.59 Å². The minimum absolute atomic E-state index is 0.0969. The second-order valence-electron chi connectivity index (χ2n) is 2.82. The highest BCUT2D eigenvalue weighted by atomic mass is 16.5. The zero-order valence-electron chi connectivity index (χ0n) is 7.69. The Morgan fingerprint density at radius 1 is 1.38 bits per heavy atom. The van der Waals surface area contributed by atoms with Gasteiger partial charge >= 0.3 is 11.9 Å². The Kier molecular flexibility index (Phi) is 5.06. The van der Waals surface area contributed by atoms with Crippen molar-refractivity contribution in [2.24, 2.45) is 5.92 Å². The van der Waals surface area contributed by atoms with Crippen molar-refractivity contribution in [1.29, 1.82) is 0 Å². The summed E-state index contributed by atoms with van der Waals surface area (Å²) in [7, 11) is 1.40. The first-order chi connectivity index (χ1) is 5.99. The molecule has 0 saturated carbocycles. The maximum atomic E-state index is 10.6. The molecule has 0 bridgehead atoms. The van der Waals surface area contributed by atoms with Crippen LogP contribution < -0.4 is 0 Å². The van der Waals surface area contributed by atoms with E-state index in [0.717, 1.165) is 0 Å². The third-order valence-electron chi connectivity index (χ3n) is 1.92. The van der Waals surface area contributed by atoms with E-state index < -0.39 is 24.0 Å². The summed E-state index contributed by atoms with van der Waals surface area (Å²) >= 11 is 0. The normalized spacial score (nSPS) is 14.9. The number of carboxylic acids is 2. The van der Waals surface area contributed by atoms with Gasteiger partial charge in [0.25, 0.3) is 0 Å². The third kappa shape index (κ3) is 4.47. The van der Waals surface area contributed by atoms with Gasteiger partial charge in [0.2, 0.25) is 0 Å². The maximum absolute atomic E-state index is 10.6. The standard InChI is InChI=1S/C8H14O5/c1-5(13-2)6(8(11)12)3-4-7(9)10/h5-6H,3-4H2,1-2H3,(H,9,10)(H,11,12). The molecule has 2 N–H and O–H groups in total. The highest BCUT2D eigenvalue weighted by Crippen LogP contribution is 2.14. The Morgan fingerprint density at radius 2 is 1.92 bits per heavy atom. The van der Waals surface area contributed by atoms with E-state index in [-0.39, 0.29) is 12.8 Å². The summed E-state index contributed by atoms with van der Waals surface area (Å²) in [4.78, 5) is 20.8. The van der Waals surface area contributed by atoms with Gasteiger partial charge in [-0.2, -0.15) is 0 Å². The SMILES string of the molecule is COC(C)C(CCC(=O)O)C(=O)O. The van der Waals surface area contributed by atoms with E-state index in [1.54, 1.807) is 6.92 Å². The monoisotopic (exact) mass is 190 g/mol. The summed E-state index contributed by atoms with van der Waals surface area (Å²) in [6.45, 7) is 1.61. The molecule has 0 fully saturated rings. The van der Waals surface area contributed by atoms with Crippen molar-refractivity contribution >= 4 is 11.9 Å². The molecule has 0 aliphatic heterocycles. The van der Waals surface area contributed by atoms with Crippen LogP contribution >= 0.6 is 0 Å². The van der Waals surface area contributed by atoms with Crippen molar-refractivity contribution in [2.45, 2.75) is 25.9 Å². The number of hydrogen-bond donors (Lipinski definition) is 2. The average molecular weight is 190 g/mol. The molecule has 0 saturated heterocycles.